The topological polar surface area (TPSA) is 78.4 Å². The van der Waals surface area contributed by atoms with Gasteiger partial charge >= 0.3 is 12.0 Å². The quantitative estimate of drug-likeness (QED) is 0.772. The molecule has 0 aromatic heterocycles. The van der Waals surface area contributed by atoms with Gasteiger partial charge in [0.2, 0.25) is 0 Å². The summed E-state index contributed by atoms with van der Waals surface area (Å²) in [5.74, 6) is -1.05. The highest BCUT2D eigenvalue weighted by Crippen LogP contribution is 2.25. The number of aryl methyl sites for hydroxylation is 2. The van der Waals surface area contributed by atoms with Crippen molar-refractivity contribution in [2.45, 2.75) is 40.7 Å². The average Bonchev–Trinajstić information content (AvgIpc) is 2.31. The third-order valence-electron chi connectivity index (χ3n) is 3.08. The number of aliphatic carboxylic acids is 1. The van der Waals surface area contributed by atoms with Gasteiger partial charge in [-0.3, -0.25) is 0 Å². The highest BCUT2D eigenvalue weighted by molar-refractivity contribution is 9.10. The number of nitrogens with one attached hydrogen (secondary N) is 2. The van der Waals surface area contributed by atoms with E-state index in [-0.39, 0.29) is 0 Å². The molecule has 1 atom stereocenters. The summed E-state index contributed by atoms with van der Waals surface area (Å²) in [6.07, 6.45) is 0. The lowest BCUT2D eigenvalue weighted by molar-refractivity contribution is -0.141. The number of rotatable bonds is 3. The molecule has 3 N–H and O–H groups in total. The molecule has 0 spiro atoms. The number of carbonyl (C=O) groups excluding carboxylic acids is 1. The lowest BCUT2D eigenvalue weighted by Crippen LogP contribution is -2.50. The maximum atomic E-state index is 12.0. The molecule has 21 heavy (non-hydrogen) atoms. The summed E-state index contributed by atoms with van der Waals surface area (Å²) in [6, 6.07) is 2.15. The zero-order chi connectivity index (χ0) is 16.4. The zero-order valence-corrected chi connectivity index (χ0v) is 14.5. The van der Waals surface area contributed by atoms with E-state index in [4.69, 9.17) is 0 Å². The first kappa shape index (κ1) is 17.5. The van der Waals surface area contributed by atoms with E-state index in [2.05, 4.69) is 26.6 Å². The molecule has 0 unspecified atom stereocenters. The molecule has 0 heterocycles. The van der Waals surface area contributed by atoms with Gasteiger partial charge in [0, 0.05) is 10.2 Å². The van der Waals surface area contributed by atoms with Gasteiger partial charge in [-0.05, 0) is 42.5 Å². The van der Waals surface area contributed by atoms with Crippen LogP contribution in [0, 0.1) is 19.3 Å². The van der Waals surface area contributed by atoms with Crippen molar-refractivity contribution in [3.05, 3.63) is 27.7 Å². The highest BCUT2D eigenvalue weighted by Gasteiger charge is 2.32. The minimum Gasteiger partial charge on any atom is -0.480 e. The maximum absolute atomic E-state index is 12.0. The zero-order valence-electron chi connectivity index (χ0n) is 12.9. The second-order valence-corrected chi connectivity index (χ2v) is 6.95. The highest BCUT2D eigenvalue weighted by atomic mass is 79.9. The van der Waals surface area contributed by atoms with Crippen molar-refractivity contribution in [2.75, 3.05) is 5.32 Å². The van der Waals surface area contributed by atoms with Crippen molar-refractivity contribution in [3.8, 4) is 0 Å². The molecule has 116 valence electrons. The Hall–Kier alpha value is -1.56. The Morgan fingerprint density at radius 3 is 2.05 bits per heavy atom. The Kier molecular flexibility index (Phi) is 5.39. The van der Waals surface area contributed by atoms with E-state index in [0.717, 1.165) is 15.6 Å². The van der Waals surface area contributed by atoms with Gasteiger partial charge in [0.1, 0.15) is 6.04 Å². The van der Waals surface area contributed by atoms with Crippen LogP contribution in [-0.4, -0.2) is 23.1 Å². The summed E-state index contributed by atoms with van der Waals surface area (Å²) >= 11 is 3.46. The fourth-order valence-corrected chi connectivity index (χ4v) is 2.19. The number of amides is 2. The molecule has 1 aromatic carbocycles. The van der Waals surface area contributed by atoms with E-state index in [9.17, 15) is 14.7 Å². The van der Waals surface area contributed by atoms with E-state index in [1.54, 1.807) is 20.8 Å². The van der Waals surface area contributed by atoms with Crippen molar-refractivity contribution < 1.29 is 14.7 Å². The molecule has 0 aliphatic carbocycles. The van der Waals surface area contributed by atoms with E-state index >= 15 is 0 Å². The molecule has 0 saturated heterocycles. The lowest BCUT2D eigenvalue weighted by atomic mass is 9.87. The SMILES string of the molecule is Cc1cc(NC(=O)N[C@@H](C(=O)O)C(C)(C)C)cc(C)c1Br. The van der Waals surface area contributed by atoms with E-state index in [1.165, 1.54) is 0 Å². The summed E-state index contributed by atoms with van der Waals surface area (Å²) in [6.45, 7) is 9.14. The number of carboxylic acids is 1. The van der Waals surface area contributed by atoms with Crippen LogP contribution in [0.15, 0.2) is 16.6 Å². The number of urea groups is 1. The van der Waals surface area contributed by atoms with Crippen molar-refractivity contribution in [1.29, 1.82) is 0 Å². The Balaban J connectivity index is 2.85. The summed E-state index contributed by atoms with van der Waals surface area (Å²) in [7, 11) is 0. The Labute approximate surface area is 133 Å². The number of anilines is 1. The van der Waals surface area contributed by atoms with Crippen molar-refractivity contribution in [1.82, 2.24) is 5.32 Å². The van der Waals surface area contributed by atoms with Gasteiger partial charge in [0.15, 0.2) is 0 Å². The van der Waals surface area contributed by atoms with Gasteiger partial charge in [-0.25, -0.2) is 9.59 Å². The number of carbonyl (C=O) groups is 2. The molecule has 1 aromatic rings. The molecule has 6 heteroatoms. The van der Waals surface area contributed by atoms with Gasteiger partial charge < -0.3 is 15.7 Å². The number of hydrogen-bond acceptors (Lipinski definition) is 2. The minimum absolute atomic E-state index is 0.529. The number of carboxylic acid groups (broad SMARTS) is 1. The second kappa shape index (κ2) is 6.47. The molecule has 2 amide bonds. The fraction of sp³-hybridized carbons (Fsp3) is 0.467. The van der Waals surface area contributed by atoms with Crippen molar-refractivity contribution in [2.24, 2.45) is 5.41 Å². The Bertz CT molecular complexity index is 542. The van der Waals surface area contributed by atoms with E-state index in [0.29, 0.717) is 5.69 Å². The first-order valence-corrected chi connectivity index (χ1v) is 7.38. The van der Waals surface area contributed by atoms with E-state index in [1.807, 2.05) is 26.0 Å². The summed E-state index contributed by atoms with van der Waals surface area (Å²) < 4.78 is 0.992. The van der Waals surface area contributed by atoms with Crippen molar-refractivity contribution in [3.63, 3.8) is 0 Å². The molecule has 5 nitrogen and oxygen atoms in total. The standard InChI is InChI=1S/C15H21BrN2O3/c1-8-6-10(7-9(2)11(8)16)17-14(21)18-12(13(19)20)15(3,4)5/h6-7,12H,1-5H3,(H,19,20)(H2,17,18,21)/t12-/m0/s1. The number of benzene rings is 1. The van der Waals surface area contributed by atoms with Crippen molar-refractivity contribution >= 4 is 33.6 Å². The predicted octanol–water partition coefficient (Wildman–Crippen LogP) is 3.69. The van der Waals surface area contributed by atoms with Crippen LogP contribution in [0.25, 0.3) is 0 Å². The third-order valence-corrected chi connectivity index (χ3v) is 4.33. The molecule has 1 rings (SSSR count). The summed E-state index contributed by atoms with van der Waals surface area (Å²) in [5, 5.41) is 14.4. The molecule has 0 radical (unpaired) electrons. The summed E-state index contributed by atoms with van der Waals surface area (Å²) in [4.78, 5) is 23.2. The molecular formula is C15H21BrN2O3. The molecule has 0 bridgehead atoms. The molecular weight excluding hydrogens is 336 g/mol. The van der Waals surface area contributed by atoms with Crippen LogP contribution in [0.1, 0.15) is 31.9 Å². The monoisotopic (exact) mass is 356 g/mol. The molecule has 0 fully saturated rings. The number of halogens is 1. The van der Waals surface area contributed by atoms with Crippen LogP contribution in [0.5, 0.6) is 0 Å². The van der Waals surface area contributed by atoms with Gasteiger partial charge in [0.25, 0.3) is 0 Å². The third kappa shape index (κ3) is 4.74. The second-order valence-electron chi connectivity index (χ2n) is 6.16. The maximum Gasteiger partial charge on any atom is 0.326 e. The first-order valence-electron chi connectivity index (χ1n) is 6.59. The van der Waals surface area contributed by atoms with Crippen LogP contribution >= 0.6 is 15.9 Å². The predicted molar refractivity (Wildman–Crippen MR) is 86.6 cm³/mol. The van der Waals surface area contributed by atoms with Gasteiger partial charge in [0.05, 0.1) is 0 Å². The fourth-order valence-electron chi connectivity index (χ4n) is 1.97. The van der Waals surface area contributed by atoms with Gasteiger partial charge in [-0.15, -0.1) is 0 Å². The van der Waals surface area contributed by atoms with E-state index < -0.39 is 23.5 Å². The average molecular weight is 357 g/mol. The van der Waals surface area contributed by atoms with Crippen LogP contribution in [-0.2, 0) is 4.79 Å². The first-order chi connectivity index (χ1) is 9.52. The van der Waals surface area contributed by atoms with Crippen LogP contribution < -0.4 is 10.6 Å². The molecule has 0 aliphatic heterocycles. The Morgan fingerprint density at radius 2 is 1.67 bits per heavy atom. The lowest BCUT2D eigenvalue weighted by Gasteiger charge is -2.27. The van der Waals surface area contributed by atoms with Gasteiger partial charge in [-0.2, -0.15) is 0 Å². The molecule has 0 saturated carbocycles. The van der Waals surface area contributed by atoms with Gasteiger partial charge in [-0.1, -0.05) is 36.7 Å². The number of hydrogen-bond donors (Lipinski definition) is 3. The normalized spacial score (nSPS) is 12.7. The van der Waals surface area contributed by atoms with Crippen LogP contribution in [0.3, 0.4) is 0 Å². The van der Waals surface area contributed by atoms with Crippen LogP contribution in [0.4, 0.5) is 10.5 Å². The largest absolute Gasteiger partial charge is 0.480 e. The van der Waals surface area contributed by atoms with Crippen LogP contribution in [0.2, 0.25) is 0 Å². The summed E-state index contributed by atoms with van der Waals surface area (Å²) in [5.41, 5.74) is 2.05. The Morgan fingerprint density at radius 1 is 1.19 bits per heavy atom. The minimum atomic E-state index is -1.05. The molecule has 0 aliphatic rings. The smallest absolute Gasteiger partial charge is 0.326 e.